The minimum absolute atomic E-state index is 0.211. The molecule has 3 unspecified atom stereocenters. The summed E-state index contributed by atoms with van der Waals surface area (Å²) in [6.45, 7) is 0.797. The highest BCUT2D eigenvalue weighted by Crippen LogP contribution is 2.34. The number of para-hydroxylation sites is 1. The maximum atomic E-state index is 13.4. The molecule has 2 rings (SSSR count). The van der Waals surface area contributed by atoms with Crippen molar-refractivity contribution in [3.05, 3.63) is 29.8 Å². The fourth-order valence-electron chi connectivity index (χ4n) is 1.87. The van der Waals surface area contributed by atoms with Crippen LogP contribution in [0, 0.1) is 11.6 Å². The van der Waals surface area contributed by atoms with Crippen LogP contribution in [0.4, 0.5) is 8.78 Å². The van der Waals surface area contributed by atoms with Crippen LogP contribution in [0.2, 0.25) is 0 Å². The van der Waals surface area contributed by atoms with Gasteiger partial charge in [-0.25, -0.2) is 8.78 Å². The van der Waals surface area contributed by atoms with E-state index in [-0.39, 0.29) is 17.2 Å². The van der Waals surface area contributed by atoms with E-state index in [4.69, 9.17) is 25.8 Å². The zero-order chi connectivity index (χ0) is 13.8. The van der Waals surface area contributed by atoms with Gasteiger partial charge in [0, 0.05) is 13.5 Å². The van der Waals surface area contributed by atoms with Crippen molar-refractivity contribution in [2.24, 2.45) is 0 Å². The largest absolute Gasteiger partial charge is 0.481 e. The van der Waals surface area contributed by atoms with Crippen molar-refractivity contribution in [2.75, 3.05) is 20.3 Å². The molecular weight excluding hydrogens is 278 g/mol. The summed E-state index contributed by atoms with van der Waals surface area (Å²) in [5, 5.41) is -0.211. The summed E-state index contributed by atoms with van der Waals surface area (Å²) >= 11 is 6.00. The topological polar surface area (TPSA) is 27.7 Å². The normalized spacial score (nSPS) is 26.0. The van der Waals surface area contributed by atoms with Gasteiger partial charge in [0.2, 0.25) is 0 Å². The number of halogens is 3. The lowest BCUT2D eigenvalue weighted by molar-refractivity contribution is -0.0916. The van der Waals surface area contributed by atoms with E-state index in [0.29, 0.717) is 19.6 Å². The fraction of sp³-hybridized carbons (Fsp3) is 0.538. The van der Waals surface area contributed by atoms with Crippen molar-refractivity contribution in [3.63, 3.8) is 0 Å². The van der Waals surface area contributed by atoms with Crippen LogP contribution < -0.4 is 4.74 Å². The lowest BCUT2D eigenvalue weighted by Gasteiger charge is -2.40. The number of alkyl halides is 1. The van der Waals surface area contributed by atoms with Gasteiger partial charge in [-0.05, 0) is 12.1 Å². The Morgan fingerprint density at radius 1 is 1.26 bits per heavy atom. The highest BCUT2D eigenvalue weighted by atomic mass is 35.5. The van der Waals surface area contributed by atoms with Crippen molar-refractivity contribution >= 4 is 11.6 Å². The Morgan fingerprint density at radius 3 is 2.53 bits per heavy atom. The van der Waals surface area contributed by atoms with E-state index < -0.39 is 17.7 Å². The van der Waals surface area contributed by atoms with Crippen LogP contribution in [0.5, 0.6) is 5.75 Å². The Labute approximate surface area is 115 Å². The van der Waals surface area contributed by atoms with Crippen LogP contribution in [0.3, 0.4) is 0 Å². The Balaban J connectivity index is 1.95. The summed E-state index contributed by atoms with van der Waals surface area (Å²) in [5.74, 6) is -1.83. The molecule has 0 aliphatic heterocycles. The zero-order valence-corrected chi connectivity index (χ0v) is 11.2. The highest BCUT2D eigenvalue weighted by Gasteiger charge is 2.43. The molecule has 1 fully saturated rings. The van der Waals surface area contributed by atoms with Crippen LogP contribution in [-0.2, 0) is 9.47 Å². The molecule has 0 heterocycles. The molecule has 106 valence electrons. The van der Waals surface area contributed by atoms with Crippen LogP contribution in [0.15, 0.2) is 18.2 Å². The van der Waals surface area contributed by atoms with Gasteiger partial charge in [-0.3, -0.25) is 0 Å². The summed E-state index contributed by atoms with van der Waals surface area (Å²) in [6, 6.07) is 3.58. The van der Waals surface area contributed by atoms with Crippen molar-refractivity contribution in [2.45, 2.75) is 24.0 Å². The monoisotopic (exact) mass is 292 g/mol. The smallest absolute Gasteiger partial charge is 0.191 e. The van der Waals surface area contributed by atoms with E-state index in [0.717, 1.165) is 12.1 Å². The van der Waals surface area contributed by atoms with Gasteiger partial charge < -0.3 is 14.2 Å². The molecule has 1 aliphatic rings. The molecule has 1 aliphatic carbocycles. The van der Waals surface area contributed by atoms with Gasteiger partial charge in [-0.15, -0.1) is 11.6 Å². The van der Waals surface area contributed by atoms with Gasteiger partial charge in [-0.1, -0.05) is 6.07 Å². The van der Waals surface area contributed by atoms with Gasteiger partial charge in [-0.2, -0.15) is 0 Å². The number of rotatable bonds is 6. The van der Waals surface area contributed by atoms with Crippen LogP contribution in [0.1, 0.15) is 6.42 Å². The summed E-state index contributed by atoms with van der Waals surface area (Å²) in [7, 11) is 1.56. The molecule has 19 heavy (non-hydrogen) atoms. The predicted octanol–water partition coefficient (Wildman–Crippen LogP) is 2.75. The van der Waals surface area contributed by atoms with Gasteiger partial charge in [0.15, 0.2) is 17.4 Å². The van der Waals surface area contributed by atoms with E-state index in [1.807, 2.05) is 0 Å². The Bertz CT molecular complexity index is 410. The van der Waals surface area contributed by atoms with E-state index in [1.165, 1.54) is 6.07 Å². The van der Waals surface area contributed by atoms with Crippen LogP contribution >= 0.6 is 11.6 Å². The second-order valence-corrected chi connectivity index (χ2v) is 4.85. The fourth-order valence-corrected chi connectivity index (χ4v) is 2.28. The minimum Gasteiger partial charge on any atom is -0.481 e. The SMILES string of the molecule is COCCOC1C(Cl)CC1Oc1c(F)cccc1F. The first kappa shape index (κ1) is 14.5. The summed E-state index contributed by atoms with van der Waals surface area (Å²) in [5.41, 5.74) is 0. The van der Waals surface area contributed by atoms with E-state index in [9.17, 15) is 8.78 Å². The Kier molecular flexibility index (Phi) is 4.96. The lowest BCUT2D eigenvalue weighted by Crippen LogP contribution is -2.53. The first-order chi connectivity index (χ1) is 9.13. The molecule has 1 aromatic carbocycles. The maximum absolute atomic E-state index is 13.4. The minimum atomic E-state index is -0.728. The lowest BCUT2D eigenvalue weighted by atomic mass is 9.91. The molecule has 3 atom stereocenters. The van der Waals surface area contributed by atoms with Crippen LogP contribution in [-0.4, -0.2) is 37.9 Å². The standard InChI is InChI=1S/C13H15ClF2O3/c1-17-5-6-18-12-8(14)7-11(12)19-13-9(15)3-2-4-10(13)16/h2-4,8,11-12H,5-7H2,1H3. The second kappa shape index (κ2) is 6.50. The summed E-state index contributed by atoms with van der Waals surface area (Å²) < 4.78 is 42.5. The van der Waals surface area contributed by atoms with E-state index >= 15 is 0 Å². The van der Waals surface area contributed by atoms with Crippen molar-refractivity contribution in [3.8, 4) is 5.75 Å². The van der Waals surface area contributed by atoms with Crippen LogP contribution in [0.25, 0.3) is 0 Å². The molecule has 3 nitrogen and oxygen atoms in total. The van der Waals surface area contributed by atoms with Crippen molar-refractivity contribution in [1.29, 1.82) is 0 Å². The van der Waals surface area contributed by atoms with Gasteiger partial charge >= 0.3 is 0 Å². The first-order valence-electron chi connectivity index (χ1n) is 5.98. The first-order valence-corrected chi connectivity index (χ1v) is 6.42. The molecule has 0 aromatic heterocycles. The average molecular weight is 293 g/mol. The summed E-state index contributed by atoms with van der Waals surface area (Å²) in [4.78, 5) is 0. The molecule has 0 saturated heterocycles. The molecule has 0 amide bonds. The highest BCUT2D eigenvalue weighted by molar-refractivity contribution is 6.21. The number of ether oxygens (including phenoxy) is 3. The molecule has 1 aromatic rings. The number of hydrogen-bond acceptors (Lipinski definition) is 3. The summed E-state index contributed by atoms with van der Waals surface area (Å²) in [6.07, 6.45) is -0.325. The average Bonchev–Trinajstić information content (AvgIpc) is 2.37. The molecule has 1 saturated carbocycles. The molecule has 6 heteroatoms. The molecule has 0 spiro atoms. The molecular formula is C13H15ClF2O3. The Morgan fingerprint density at radius 2 is 1.95 bits per heavy atom. The quantitative estimate of drug-likeness (QED) is 0.596. The molecule has 0 N–H and O–H groups in total. The van der Waals surface area contributed by atoms with Crippen molar-refractivity contribution in [1.82, 2.24) is 0 Å². The second-order valence-electron chi connectivity index (χ2n) is 4.29. The molecule has 0 radical (unpaired) electrons. The zero-order valence-electron chi connectivity index (χ0n) is 10.4. The van der Waals surface area contributed by atoms with Gasteiger partial charge in [0.05, 0.1) is 18.6 Å². The predicted molar refractivity (Wildman–Crippen MR) is 66.6 cm³/mol. The van der Waals surface area contributed by atoms with Gasteiger partial charge in [0.1, 0.15) is 12.2 Å². The third-order valence-electron chi connectivity index (χ3n) is 2.97. The van der Waals surface area contributed by atoms with E-state index in [2.05, 4.69) is 0 Å². The Hall–Kier alpha value is -0.910. The van der Waals surface area contributed by atoms with E-state index in [1.54, 1.807) is 7.11 Å². The number of benzene rings is 1. The van der Waals surface area contributed by atoms with Gasteiger partial charge in [0.25, 0.3) is 0 Å². The third-order valence-corrected chi connectivity index (χ3v) is 3.39. The molecule has 0 bridgehead atoms. The maximum Gasteiger partial charge on any atom is 0.191 e. The van der Waals surface area contributed by atoms with Crippen molar-refractivity contribution < 1.29 is 23.0 Å². The number of hydrogen-bond donors (Lipinski definition) is 0. The number of methoxy groups -OCH3 is 1. The third kappa shape index (κ3) is 3.35.